The Morgan fingerprint density at radius 3 is 2.62 bits per heavy atom. The highest BCUT2D eigenvalue weighted by Gasteiger charge is 2.16. The zero-order valence-corrected chi connectivity index (χ0v) is 10.1. The maximum Gasteiger partial charge on any atom is 0.240 e. The molecule has 0 amide bonds. The van der Waals surface area contributed by atoms with Crippen molar-refractivity contribution in [1.29, 1.82) is 0 Å². The van der Waals surface area contributed by atoms with Gasteiger partial charge in [-0.05, 0) is 31.3 Å². The van der Waals surface area contributed by atoms with Crippen LogP contribution in [0.4, 0.5) is 4.39 Å². The minimum Gasteiger partial charge on any atom is -0.313 e. The van der Waals surface area contributed by atoms with E-state index in [0.717, 1.165) is 12.6 Å². The summed E-state index contributed by atoms with van der Waals surface area (Å²) < 4.78 is 38.5. The van der Waals surface area contributed by atoms with Crippen molar-refractivity contribution < 1.29 is 12.8 Å². The molecule has 0 saturated heterocycles. The highest BCUT2D eigenvalue weighted by molar-refractivity contribution is 7.89. The lowest BCUT2D eigenvalue weighted by molar-refractivity contribution is 0.579. The Morgan fingerprint density at radius 2 is 2.06 bits per heavy atom. The number of sulfonamides is 1. The summed E-state index contributed by atoms with van der Waals surface area (Å²) in [4.78, 5) is -0.0176. The number of nitrogens with one attached hydrogen (secondary N) is 2. The van der Waals surface area contributed by atoms with Gasteiger partial charge in [0.1, 0.15) is 5.82 Å². The minimum atomic E-state index is -3.61. The van der Waals surface area contributed by atoms with Gasteiger partial charge in [0.15, 0.2) is 0 Å². The van der Waals surface area contributed by atoms with E-state index in [9.17, 15) is 12.8 Å². The van der Waals surface area contributed by atoms with Crippen LogP contribution in [0.1, 0.15) is 12.5 Å². The zero-order valence-electron chi connectivity index (χ0n) is 9.25. The Balaban J connectivity index is 3.18. The van der Waals surface area contributed by atoms with Gasteiger partial charge in [-0.25, -0.2) is 17.5 Å². The molecule has 0 aliphatic carbocycles. The van der Waals surface area contributed by atoms with Gasteiger partial charge in [0.2, 0.25) is 10.0 Å². The van der Waals surface area contributed by atoms with E-state index in [1.165, 1.54) is 19.2 Å². The number of rotatable bonds is 5. The van der Waals surface area contributed by atoms with Crippen molar-refractivity contribution in [1.82, 2.24) is 10.0 Å². The molecule has 6 heteroatoms. The summed E-state index contributed by atoms with van der Waals surface area (Å²) in [6.45, 7) is 3.03. The monoisotopic (exact) mass is 246 g/mol. The van der Waals surface area contributed by atoms with Gasteiger partial charge in [-0.2, -0.15) is 0 Å². The molecular weight excluding hydrogens is 231 g/mol. The molecule has 1 rings (SSSR count). The second-order valence-electron chi connectivity index (χ2n) is 3.24. The van der Waals surface area contributed by atoms with E-state index in [0.29, 0.717) is 12.1 Å². The van der Waals surface area contributed by atoms with Gasteiger partial charge in [-0.15, -0.1) is 0 Å². The first-order chi connectivity index (χ1) is 7.51. The third kappa shape index (κ3) is 3.01. The van der Waals surface area contributed by atoms with Crippen LogP contribution in [-0.4, -0.2) is 22.0 Å². The zero-order chi connectivity index (χ0) is 12.2. The van der Waals surface area contributed by atoms with Crippen LogP contribution in [0.2, 0.25) is 0 Å². The van der Waals surface area contributed by atoms with E-state index in [-0.39, 0.29) is 4.90 Å². The largest absolute Gasteiger partial charge is 0.313 e. The van der Waals surface area contributed by atoms with Crippen molar-refractivity contribution in [3.8, 4) is 0 Å². The average molecular weight is 246 g/mol. The highest BCUT2D eigenvalue weighted by Crippen LogP contribution is 2.16. The first-order valence-corrected chi connectivity index (χ1v) is 6.42. The molecule has 0 aliphatic heterocycles. The van der Waals surface area contributed by atoms with Gasteiger partial charge >= 0.3 is 0 Å². The first kappa shape index (κ1) is 13.1. The fourth-order valence-corrected chi connectivity index (χ4v) is 2.27. The summed E-state index contributed by atoms with van der Waals surface area (Å²) in [5.41, 5.74) is 0.553. The summed E-state index contributed by atoms with van der Waals surface area (Å²) >= 11 is 0. The van der Waals surface area contributed by atoms with Crippen molar-refractivity contribution in [2.75, 3.05) is 13.6 Å². The molecular formula is C10H15FN2O2S. The fraction of sp³-hybridized carbons (Fsp3) is 0.400. The van der Waals surface area contributed by atoms with Gasteiger partial charge in [-0.1, -0.05) is 13.0 Å². The van der Waals surface area contributed by atoms with Gasteiger partial charge < -0.3 is 5.32 Å². The van der Waals surface area contributed by atoms with Crippen molar-refractivity contribution in [2.24, 2.45) is 0 Å². The topological polar surface area (TPSA) is 58.2 Å². The lowest BCUT2D eigenvalue weighted by atomic mass is 10.2. The number of halogens is 1. The van der Waals surface area contributed by atoms with Crippen LogP contribution < -0.4 is 10.0 Å². The smallest absolute Gasteiger partial charge is 0.240 e. The van der Waals surface area contributed by atoms with Crippen LogP contribution in [0.5, 0.6) is 0 Å². The number of benzene rings is 1. The van der Waals surface area contributed by atoms with Crippen molar-refractivity contribution in [2.45, 2.75) is 18.4 Å². The Hall–Kier alpha value is -0.980. The molecule has 4 nitrogen and oxygen atoms in total. The minimum absolute atomic E-state index is 0.0176. The maximum atomic E-state index is 13.0. The molecule has 0 atom stereocenters. The Morgan fingerprint density at radius 1 is 1.38 bits per heavy atom. The van der Waals surface area contributed by atoms with E-state index in [4.69, 9.17) is 0 Å². The molecule has 0 fully saturated rings. The van der Waals surface area contributed by atoms with Crippen LogP contribution in [0.25, 0.3) is 0 Å². The molecule has 1 aromatic carbocycles. The summed E-state index contributed by atoms with van der Waals surface area (Å²) in [6, 6.07) is 3.75. The quantitative estimate of drug-likeness (QED) is 0.809. The molecule has 0 aliphatic rings. The van der Waals surface area contributed by atoms with Crippen molar-refractivity contribution in [3.05, 3.63) is 29.6 Å². The molecule has 0 aromatic heterocycles. The van der Waals surface area contributed by atoms with E-state index >= 15 is 0 Å². The van der Waals surface area contributed by atoms with Gasteiger partial charge in [0, 0.05) is 6.54 Å². The van der Waals surface area contributed by atoms with Crippen LogP contribution >= 0.6 is 0 Å². The molecule has 0 bridgehead atoms. The van der Waals surface area contributed by atoms with E-state index in [1.807, 2.05) is 6.92 Å². The second kappa shape index (κ2) is 5.38. The molecule has 0 unspecified atom stereocenters. The standard InChI is InChI=1S/C10H15FN2O2S/c1-3-13-7-8-4-5-9(11)6-10(8)16(14,15)12-2/h4-6,12-13H,3,7H2,1-2H3. The predicted octanol–water partition coefficient (Wildman–Crippen LogP) is 0.843. The molecule has 0 saturated carbocycles. The third-order valence-electron chi connectivity index (χ3n) is 2.15. The van der Waals surface area contributed by atoms with E-state index < -0.39 is 15.8 Å². The molecule has 0 heterocycles. The van der Waals surface area contributed by atoms with Gasteiger partial charge in [-0.3, -0.25) is 0 Å². The van der Waals surface area contributed by atoms with E-state index in [2.05, 4.69) is 10.0 Å². The molecule has 0 radical (unpaired) electrons. The van der Waals surface area contributed by atoms with E-state index in [1.54, 1.807) is 0 Å². The van der Waals surface area contributed by atoms with Crippen molar-refractivity contribution >= 4 is 10.0 Å². The molecule has 0 spiro atoms. The summed E-state index contributed by atoms with van der Waals surface area (Å²) in [6.07, 6.45) is 0. The Bertz CT molecular complexity index is 460. The Kier molecular flexibility index (Phi) is 4.40. The molecule has 16 heavy (non-hydrogen) atoms. The maximum absolute atomic E-state index is 13.0. The summed E-state index contributed by atoms with van der Waals surface area (Å²) in [7, 11) is -2.31. The number of hydrogen-bond acceptors (Lipinski definition) is 3. The number of hydrogen-bond donors (Lipinski definition) is 2. The lowest BCUT2D eigenvalue weighted by Gasteiger charge is -2.10. The fourth-order valence-electron chi connectivity index (χ4n) is 1.29. The van der Waals surface area contributed by atoms with Gasteiger partial charge in [0.25, 0.3) is 0 Å². The van der Waals surface area contributed by atoms with Gasteiger partial charge in [0.05, 0.1) is 4.90 Å². The first-order valence-electron chi connectivity index (χ1n) is 4.94. The third-order valence-corrected chi connectivity index (χ3v) is 3.65. The summed E-state index contributed by atoms with van der Waals surface area (Å²) in [5.74, 6) is -0.561. The molecule has 1 aromatic rings. The van der Waals surface area contributed by atoms with Crippen LogP contribution in [0.15, 0.2) is 23.1 Å². The normalized spacial score (nSPS) is 11.7. The SMILES string of the molecule is CCNCc1ccc(F)cc1S(=O)(=O)NC. The predicted molar refractivity (Wildman–Crippen MR) is 60.0 cm³/mol. The van der Waals surface area contributed by atoms with Crippen LogP contribution in [0, 0.1) is 5.82 Å². The second-order valence-corrected chi connectivity index (χ2v) is 5.09. The Labute approximate surface area is 94.9 Å². The lowest BCUT2D eigenvalue weighted by Crippen LogP contribution is -2.22. The van der Waals surface area contributed by atoms with Crippen molar-refractivity contribution in [3.63, 3.8) is 0 Å². The summed E-state index contributed by atoms with van der Waals surface area (Å²) in [5, 5.41) is 3.01. The average Bonchev–Trinajstić information content (AvgIpc) is 2.27. The van der Waals surface area contributed by atoms with Crippen LogP contribution in [0.3, 0.4) is 0 Å². The van der Waals surface area contributed by atoms with Crippen LogP contribution in [-0.2, 0) is 16.6 Å². The highest BCUT2D eigenvalue weighted by atomic mass is 32.2. The molecule has 90 valence electrons. The molecule has 2 N–H and O–H groups in total.